The van der Waals surface area contributed by atoms with Crippen LogP contribution in [0.4, 0.5) is 5.69 Å². The van der Waals surface area contributed by atoms with E-state index in [2.05, 4.69) is 41.4 Å². The summed E-state index contributed by atoms with van der Waals surface area (Å²) >= 11 is 0. The van der Waals surface area contributed by atoms with Gasteiger partial charge in [-0.05, 0) is 54.7 Å². The lowest BCUT2D eigenvalue weighted by atomic mass is 10.1. The van der Waals surface area contributed by atoms with Gasteiger partial charge in [-0.25, -0.2) is 0 Å². The Morgan fingerprint density at radius 3 is 2.70 bits per heavy atom. The van der Waals surface area contributed by atoms with Gasteiger partial charge in [-0.15, -0.1) is 0 Å². The number of methoxy groups -OCH3 is 2. The number of carbonyl (C=O) groups excluding carboxylic acids is 1. The summed E-state index contributed by atoms with van der Waals surface area (Å²) in [7, 11) is 3.20. The van der Waals surface area contributed by atoms with Gasteiger partial charge in [0.1, 0.15) is 0 Å². The van der Waals surface area contributed by atoms with E-state index in [1.165, 1.54) is 11.3 Å². The highest BCUT2D eigenvalue weighted by Crippen LogP contribution is 2.28. The molecule has 1 aliphatic heterocycles. The number of hydrogen-bond acceptors (Lipinski definition) is 4. The van der Waals surface area contributed by atoms with Gasteiger partial charge in [0.05, 0.1) is 20.6 Å². The molecule has 1 amide bonds. The van der Waals surface area contributed by atoms with E-state index in [0.717, 1.165) is 25.1 Å². The summed E-state index contributed by atoms with van der Waals surface area (Å²) in [6.45, 7) is 4.86. The SMILES string of the molecule is COc1ccc(CC(=O)NCC2CCN(c3cccc(C)c3)C2)cc1OC. The maximum atomic E-state index is 12.3. The summed E-state index contributed by atoms with van der Waals surface area (Å²) in [5.74, 6) is 1.84. The minimum Gasteiger partial charge on any atom is -0.493 e. The van der Waals surface area contributed by atoms with Crippen LogP contribution < -0.4 is 19.7 Å². The lowest BCUT2D eigenvalue weighted by Gasteiger charge is -2.19. The van der Waals surface area contributed by atoms with Crippen molar-refractivity contribution in [3.63, 3.8) is 0 Å². The Bertz CT molecular complexity index is 791. The van der Waals surface area contributed by atoms with Crippen LogP contribution in [0.3, 0.4) is 0 Å². The molecule has 5 nitrogen and oxygen atoms in total. The summed E-state index contributed by atoms with van der Waals surface area (Å²) in [6, 6.07) is 14.2. The second-order valence-corrected chi connectivity index (χ2v) is 7.11. The highest BCUT2D eigenvalue weighted by Gasteiger charge is 2.23. The molecule has 1 heterocycles. The highest BCUT2D eigenvalue weighted by molar-refractivity contribution is 5.78. The Morgan fingerprint density at radius 2 is 1.96 bits per heavy atom. The van der Waals surface area contributed by atoms with E-state index in [-0.39, 0.29) is 5.91 Å². The molecule has 0 spiro atoms. The molecule has 1 N–H and O–H groups in total. The Hall–Kier alpha value is -2.69. The normalized spacial score (nSPS) is 16.3. The molecule has 1 aliphatic rings. The average molecular weight is 368 g/mol. The number of aryl methyl sites for hydroxylation is 1. The average Bonchev–Trinajstić information content (AvgIpc) is 3.15. The fraction of sp³-hybridized carbons (Fsp3) is 0.409. The fourth-order valence-corrected chi connectivity index (χ4v) is 3.56. The molecule has 0 aliphatic carbocycles. The third kappa shape index (κ3) is 4.94. The molecular weight excluding hydrogens is 340 g/mol. The summed E-state index contributed by atoms with van der Waals surface area (Å²) in [5.41, 5.74) is 3.46. The molecule has 1 unspecified atom stereocenters. The van der Waals surface area contributed by atoms with Gasteiger partial charge >= 0.3 is 0 Å². The second-order valence-electron chi connectivity index (χ2n) is 7.11. The summed E-state index contributed by atoms with van der Waals surface area (Å²) in [5, 5.41) is 3.08. The van der Waals surface area contributed by atoms with Crippen LogP contribution in [0.1, 0.15) is 17.5 Å². The number of rotatable bonds is 7. The molecule has 2 aromatic carbocycles. The second kappa shape index (κ2) is 8.80. The molecule has 1 fully saturated rings. The molecule has 2 aromatic rings. The minimum absolute atomic E-state index is 0.0382. The van der Waals surface area contributed by atoms with E-state index < -0.39 is 0 Å². The smallest absolute Gasteiger partial charge is 0.224 e. The third-order valence-electron chi connectivity index (χ3n) is 5.05. The van der Waals surface area contributed by atoms with Crippen molar-refractivity contribution in [2.75, 3.05) is 38.8 Å². The topological polar surface area (TPSA) is 50.8 Å². The van der Waals surface area contributed by atoms with Gasteiger partial charge in [-0.3, -0.25) is 4.79 Å². The first-order chi connectivity index (χ1) is 13.1. The van der Waals surface area contributed by atoms with E-state index in [1.807, 2.05) is 18.2 Å². The Morgan fingerprint density at radius 1 is 1.15 bits per heavy atom. The zero-order valence-electron chi connectivity index (χ0n) is 16.3. The van der Waals surface area contributed by atoms with Crippen molar-refractivity contribution in [3.05, 3.63) is 53.6 Å². The molecule has 5 heteroatoms. The molecule has 1 atom stereocenters. The Kier molecular flexibility index (Phi) is 6.22. The lowest BCUT2D eigenvalue weighted by Crippen LogP contribution is -2.32. The summed E-state index contributed by atoms with van der Waals surface area (Å²) in [6.07, 6.45) is 1.44. The first-order valence-corrected chi connectivity index (χ1v) is 9.38. The first-order valence-electron chi connectivity index (χ1n) is 9.38. The van der Waals surface area contributed by atoms with Crippen molar-refractivity contribution in [3.8, 4) is 11.5 Å². The zero-order valence-corrected chi connectivity index (χ0v) is 16.3. The van der Waals surface area contributed by atoms with Gasteiger partial charge in [0, 0.05) is 25.3 Å². The third-order valence-corrected chi connectivity index (χ3v) is 5.05. The monoisotopic (exact) mass is 368 g/mol. The van der Waals surface area contributed by atoms with Crippen molar-refractivity contribution in [2.24, 2.45) is 5.92 Å². The van der Waals surface area contributed by atoms with E-state index in [0.29, 0.717) is 30.4 Å². The van der Waals surface area contributed by atoms with Crippen LogP contribution in [-0.4, -0.2) is 39.8 Å². The van der Waals surface area contributed by atoms with E-state index >= 15 is 0 Å². The Balaban J connectivity index is 1.48. The number of anilines is 1. The van der Waals surface area contributed by atoms with E-state index in [9.17, 15) is 4.79 Å². The predicted molar refractivity (Wildman–Crippen MR) is 108 cm³/mol. The van der Waals surface area contributed by atoms with Crippen molar-refractivity contribution in [1.82, 2.24) is 5.32 Å². The maximum absolute atomic E-state index is 12.3. The van der Waals surface area contributed by atoms with Gasteiger partial charge in [0.2, 0.25) is 5.91 Å². The molecule has 1 saturated heterocycles. The highest BCUT2D eigenvalue weighted by atomic mass is 16.5. The Labute approximate surface area is 161 Å². The van der Waals surface area contributed by atoms with E-state index in [4.69, 9.17) is 9.47 Å². The first kappa shape index (κ1) is 19.1. The van der Waals surface area contributed by atoms with Gasteiger partial charge in [-0.2, -0.15) is 0 Å². The molecular formula is C22H28N2O3. The van der Waals surface area contributed by atoms with Crippen LogP contribution in [0.15, 0.2) is 42.5 Å². The van der Waals surface area contributed by atoms with Gasteiger partial charge in [0.15, 0.2) is 11.5 Å². The van der Waals surface area contributed by atoms with Gasteiger partial charge in [-0.1, -0.05) is 18.2 Å². The molecule has 0 bridgehead atoms. The molecule has 3 rings (SSSR count). The van der Waals surface area contributed by atoms with Gasteiger partial charge in [0.25, 0.3) is 0 Å². The number of amides is 1. The number of nitrogens with zero attached hydrogens (tertiary/aromatic N) is 1. The van der Waals surface area contributed by atoms with Crippen molar-refractivity contribution in [1.29, 1.82) is 0 Å². The number of nitrogens with one attached hydrogen (secondary N) is 1. The van der Waals surface area contributed by atoms with Crippen molar-refractivity contribution >= 4 is 11.6 Å². The van der Waals surface area contributed by atoms with Crippen LogP contribution in [-0.2, 0) is 11.2 Å². The van der Waals surface area contributed by atoms with Crippen LogP contribution in [0, 0.1) is 12.8 Å². The number of hydrogen-bond donors (Lipinski definition) is 1. The van der Waals surface area contributed by atoms with Crippen LogP contribution in [0.25, 0.3) is 0 Å². The number of ether oxygens (including phenoxy) is 2. The maximum Gasteiger partial charge on any atom is 0.224 e. The summed E-state index contributed by atoms with van der Waals surface area (Å²) in [4.78, 5) is 14.7. The molecule has 27 heavy (non-hydrogen) atoms. The minimum atomic E-state index is 0.0382. The van der Waals surface area contributed by atoms with Crippen molar-refractivity contribution in [2.45, 2.75) is 19.8 Å². The van der Waals surface area contributed by atoms with Gasteiger partial charge < -0.3 is 19.7 Å². The van der Waals surface area contributed by atoms with Crippen LogP contribution in [0.5, 0.6) is 11.5 Å². The van der Waals surface area contributed by atoms with Crippen molar-refractivity contribution < 1.29 is 14.3 Å². The number of carbonyl (C=O) groups is 1. The van der Waals surface area contributed by atoms with E-state index in [1.54, 1.807) is 14.2 Å². The zero-order chi connectivity index (χ0) is 19.2. The predicted octanol–water partition coefficient (Wildman–Crippen LogP) is 3.20. The van der Waals surface area contributed by atoms with Crippen LogP contribution >= 0.6 is 0 Å². The molecule has 0 aromatic heterocycles. The lowest BCUT2D eigenvalue weighted by molar-refractivity contribution is -0.120. The summed E-state index contributed by atoms with van der Waals surface area (Å²) < 4.78 is 10.5. The molecule has 0 saturated carbocycles. The standard InChI is InChI=1S/C22H28N2O3/c1-16-5-4-6-19(11-16)24-10-9-18(15-24)14-23-22(25)13-17-7-8-20(26-2)21(12-17)27-3/h4-8,11-12,18H,9-10,13-15H2,1-3H3,(H,23,25). The molecule has 144 valence electrons. The largest absolute Gasteiger partial charge is 0.493 e. The van der Waals surface area contributed by atoms with Crippen LogP contribution in [0.2, 0.25) is 0 Å². The molecule has 0 radical (unpaired) electrons. The number of benzene rings is 2. The fourth-order valence-electron chi connectivity index (χ4n) is 3.56. The quantitative estimate of drug-likeness (QED) is 0.815.